The maximum absolute atomic E-state index is 6.31. The van der Waals surface area contributed by atoms with Gasteiger partial charge < -0.3 is 10.5 Å². The summed E-state index contributed by atoms with van der Waals surface area (Å²) in [7, 11) is 1.64. The van der Waals surface area contributed by atoms with Crippen LogP contribution in [0.4, 0.5) is 0 Å². The third-order valence-electron chi connectivity index (χ3n) is 3.27. The molecule has 19 heavy (non-hydrogen) atoms. The molecule has 0 heterocycles. The first kappa shape index (κ1) is 13.9. The lowest BCUT2D eigenvalue weighted by molar-refractivity contribution is 0.408. The van der Waals surface area contributed by atoms with Gasteiger partial charge in [0.2, 0.25) is 0 Å². The zero-order valence-corrected chi connectivity index (χ0v) is 11.9. The lowest BCUT2D eigenvalue weighted by atomic mass is 9.97. The second-order valence-electron chi connectivity index (χ2n) is 4.46. The van der Waals surface area contributed by atoms with E-state index in [0.717, 1.165) is 23.3 Å². The minimum Gasteiger partial charge on any atom is -0.496 e. The summed E-state index contributed by atoms with van der Waals surface area (Å²) >= 11 is 6.04. The van der Waals surface area contributed by atoms with Crippen molar-refractivity contribution in [3.8, 4) is 5.75 Å². The molecule has 2 nitrogen and oxygen atoms in total. The van der Waals surface area contributed by atoms with Crippen LogP contribution in [0, 0.1) is 0 Å². The van der Waals surface area contributed by atoms with Crippen molar-refractivity contribution in [3.63, 3.8) is 0 Å². The summed E-state index contributed by atoms with van der Waals surface area (Å²) in [5.41, 5.74) is 9.57. The summed E-state index contributed by atoms with van der Waals surface area (Å²) in [6, 6.07) is 13.6. The van der Waals surface area contributed by atoms with Crippen molar-refractivity contribution in [1.29, 1.82) is 0 Å². The number of hydrogen-bond acceptors (Lipinski definition) is 2. The molecular weight excluding hydrogens is 258 g/mol. The number of nitrogens with two attached hydrogens (primary N) is 1. The van der Waals surface area contributed by atoms with E-state index in [4.69, 9.17) is 22.1 Å². The van der Waals surface area contributed by atoms with E-state index in [1.54, 1.807) is 13.2 Å². The van der Waals surface area contributed by atoms with E-state index in [1.807, 2.05) is 12.1 Å². The van der Waals surface area contributed by atoms with Crippen LogP contribution in [-0.2, 0) is 6.42 Å². The van der Waals surface area contributed by atoms with E-state index >= 15 is 0 Å². The van der Waals surface area contributed by atoms with Crippen LogP contribution in [0.5, 0.6) is 5.75 Å². The lowest BCUT2D eigenvalue weighted by Gasteiger charge is -2.16. The van der Waals surface area contributed by atoms with Gasteiger partial charge in [0.15, 0.2) is 0 Å². The molecule has 0 aromatic heterocycles. The smallest absolute Gasteiger partial charge is 0.124 e. The Morgan fingerprint density at radius 3 is 2.42 bits per heavy atom. The van der Waals surface area contributed by atoms with E-state index < -0.39 is 0 Å². The van der Waals surface area contributed by atoms with Crippen LogP contribution in [0.15, 0.2) is 42.5 Å². The van der Waals surface area contributed by atoms with Gasteiger partial charge in [-0.2, -0.15) is 0 Å². The molecule has 0 amide bonds. The van der Waals surface area contributed by atoms with Crippen LogP contribution in [0.25, 0.3) is 0 Å². The number of benzene rings is 2. The maximum atomic E-state index is 6.31. The fourth-order valence-electron chi connectivity index (χ4n) is 2.09. The van der Waals surface area contributed by atoms with E-state index in [0.29, 0.717) is 5.02 Å². The minimum absolute atomic E-state index is 0.237. The van der Waals surface area contributed by atoms with Crippen molar-refractivity contribution in [2.45, 2.75) is 19.4 Å². The van der Waals surface area contributed by atoms with Gasteiger partial charge in [-0.15, -0.1) is 0 Å². The third kappa shape index (κ3) is 3.09. The Balaban J connectivity index is 2.36. The molecule has 0 aliphatic heterocycles. The van der Waals surface area contributed by atoms with Gasteiger partial charge in [-0.25, -0.2) is 0 Å². The fourth-order valence-corrected chi connectivity index (χ4v) is 2.27. The highest BCUT2D eigenvalue weighted by Crippen LogP contribution is 2.30. The zero-order valence-electron chi connectivity index (χ0n) is 11.2. The van der Waals surface area contributed by atoms with Gasteiger partial charge in [-0.1, -0.05) is 42.8 Å². The van der Waals surface area contributed by atoms with Crippen LogP contribution in [0.2, 0.25) is 5.02 Å². The van der Waals surface area contributed by atoms with E-state index in [9.17, 15) is 0 Å². The fraction of sp³-hybridized carbons (Fsp3) is 0.250. The summed E-state index contributed by atoms with van der Waals surface area (Å²) in [6.07, 6.45) is 1.02. The number of hydrogen-bond donors (Lipinski definition) is 1. The first-order valence-electron chi connectivity index (χ1n) is 6.33. The number of ether oxygens (including phenoxy) is 1. The molecule has 2 aromatic carbocycles. The molecule has 1 unspecified atom stereocenters. The van der Waals surface area contributed by atoms with Crippen LogP contribution >= 0.6 is 11.6 Å². The number of halogens is 1. The Labute approximate surface area is 119 Å². The number of aryl methyl sites for hydroxylation is 1. The van der Waals surface area contributed by atoms with Gasteiger partial charge in [0.25, 0.3) is 0 Å². The highest BCUT2D eigenvalue weighted by molar-refractivity contribution is 6.30. The second kappa shape index (κ2) is 6.09. The molecule has 2 N–H and O–H groups in total. The molecule has 100 valence electrons. The SMILES string of the molecule is CCc1ccc(C(N)c2cc(Cl)ccc2OC)cc1. The molecule has 3 heteroatoms. The first-order valence-corrected chi connectivity index (χ1v) is 6.71. The van der Waals surface area contributed by atoms with Gasteiger partial charge in [0.05, 0.1) is 13.2 Å². The quantitative estimate of drug-likeness (QED) is 0.917. The van der Waals surface area contributed by atoms with Gasteiger partial charge in [-0.05, 0) is 35.7 Å². The molecule has 2 rings (SSSR count). The molecule has 0 fully saturated rings. The zero-order chi connectivity index (χ0) is 13.8. The minimum atomic E-state index is -0.237. The predicted octanol–water partition coefficient (Wildman–Crippen LogP) is 3.96. The molecule has 0 radical (unpaired) electrons. The van der Waals surface area contributed by atoms with Gasteiger partial charge in [-0.3, -0.25) is 0 Å². The summed E-state index contributed by atoms with van der Waals surface area (Å²) in [5.74, 6) is 0.761. The lowest BCUT2D eigenvalue weighted by Crippen LogP contribution is -2.13. The van der Waals surface area contributed by atoms with Crippen molar-refractivity contribution < 1.29 is 4.74 Å². The third-order valence-corrected chi connectivity index (χ3v) is 3.51. The standard InChI is InChI=1S/C16H18ClNO/c1-3-11-4-6-12(7-5-11)16(18)14-10-13(17)8-9-15(14)19-2/h4-10,16H,3,18H2,1-2H3. The Bertz CT molecular complexity index is 551. The monoisotopic (exact) mass is 275 g/mol. The normalized spacial score (nSPS) is 12.2. The van der Waals surface area contributed by atoms with Crippen LogP contribution in [0.3, 0.4) is 0 Å². The average Bonchev–Trinajstić information content (AvgIpc) is 2.46. The second-order valence-corrected chi connectivity index (χ2v) is 4.90. The summed E-state index contributed by atoms with van der Waals surface area (Å²) in [4.78, 5) is 0. The van der Waals surface area contributed by atoms with Gasteiger partial charge >= 0.3 is 0 Å². The molecule has 0 saturated carbocycles. The highest BCUT2D eigenvalue weighted by Gasteiger charge is 2.14. The highest BCUT2D eigenvalue weighted by atomic mass is 35.5. The van der Waals surface area contributed by atoms with Crippen molar-refractivity contribution in [2.75, 3.05) is 7.11 Å². The van der Waals surface area contributed by atoms with Crippen molar-refractivity contribution in [2.24, 2.45) is 5.73 Å². The van der Waals surface area contributed by atoms with E-state index in [-0.39, 0.29) is 6.04 Å². The number of methoxy groups -OCH3 is 1. The van der Waals surface area contributed by atoms with Crippen molar-refractivity contribution in [1.82, 2.24) is 0 Å². The molecule has 0 aliphatic carbocycles. The van der Waals surface area contributed by atoms with Crippen molar-refractivity contribution >= 4 is 11.6 Å². The Morgan fingerprint density at radius 2 is 1.84 bits per heavy atom. The Kier molecular flexibility index (Phi) is 4.46. The predicted molar refractivity (Wildman–Crippen MR) is 79.9 cm³/mol. The molecule has 2 aromatic rings. The Morgan fingerprint density at radius 1 is 1.16 bits per heavy atom. The maximum Gasteiger partial charge on any atom is 0.124 e. The van der Waals surface area contributed by atoms with Crippen molar-refractivity contribution in [3.05, 3.63) is 64.2 Å². The summed E-state index contributed by atoms with van der Waals surface area (Å²) < 4.78 is 5.35. The van der Waals surface area contributed by atoms with Crippen LogP contribution in [-0.4, -0.2) is 7.11 Å². The molecule has 0 saturated heterocycles. The Hall–Kier alpha value is -1.51. The molecular formula is C16H18ClNO. The topological polar surface area (TPSA) is 35.2 Å². The molecule has 0 aliphatic rings. The van der Waals surface area contributed by atoms with Gasteiger partial charge in [0, 0.05) is 10.6 Å². The van der Waals surface area contributed by atoms with E-state index in [2.05, 4.69) is 31.2 Å². The molecule has 0 spiro atoms. The van der Waals surface area contributed by atoms with Gasteiger partial charge in [0.1, 0.15) is 5.75 Å². The average molecular weight is 276 g/mol. The number of rotatable bonds is 4. The first-order chi connectivity index (χ1) is 9.15. The largest absolute Gasteiger partial charge is 0.496 e. The van der Waals surface area contributed by atoms with E-state index in [1.165, 1.54) is 5.56 Å². The molecule has 0 bridgehead atoms. The van der Waals surface area contributed by atoms with Crippen LogP contribution < -0.4 is 10.5 Å². The molecule has 1 atom stereocenters. The summed E-state index contributed by atoms with van der Waals surface area (Å²) in [6.45, 7) is 2.13. The van der Waals surface area contributed by atoms with Crippen LogP contribution in [0.1, 0.15) is 29.7 Å². The summed E-state index contributed by atoms with van der Waals surface area (Å²) in [5, 5.41) is 0.663.